The Morgan fingerprint density at radius 1 is 1.35 bits per heavy atom. The van der Waals surface area contributed by atoms with Crippen LogP contribution in [0.2, 0.25) is 0 Å². The number of nitro groups is 1. The third kappa shape index (κ3) is 3.18. The Morgan fingerprint density at radius 2 is 2.10 bits per heavy atom. The van der Waals surface area contributed by atoms with E-state index in [0.717, 1.165) is 4.47 Å². The molecule has 1 heterocycles. The average Bonchev–Trinajstić information content (AvgIpc) is 2.38. The highest BCUT2D eigenvalue weighted by Gasteiger charge is 2.15. The lowest BCUT2D eigenvalue weighted by Crippen LogP contribution is -2.14. The van der Waals surface area contributed by atoms with Crippen LogP contribution in [0.4, 0.5) is 11.5 Å². The van der Waals surface area contributed by atoms with Crippen LogP contribution in [0.1, 0.15) is 15.9 Å². The predicted octanol–water partition coefficient (Wildman–Crippen LogP) is 3.31. The van der Waals surface area contributed by atoms with Crippen LogP contribution in [0.15, 0.2) is 41.0 Å². The van der Waals surface area contributed by atoms with E-state index in [1.165, 1.54) is 12.1 Å². The van der Waals surface area contributed by atoms with Crippen molar-refractivity contribution in [3.05, 3.63) is 62.2 Å². The van der Waals surface area contributed by atoms with Crippen molar-refractivity contribution in [1.82, 2.24) is 4.98 Å². The second-order valence-corrected chi connectivity index (χ2v) is 4.99. The largest absolute Gasteiger partial charge is 0.307 e. The molecule has 7 heteroatoms. The lowest BCUT2D eigenvalue weighted by atomic mass is 10.1. The van der Waals surface area contributed by atoms with Crippen molar-refractivity contribution in [2.75, 3.05) is 5.32 Å². The zero-order valence-corrected chi connectivity index (χ0v) is 12.0. The number of nitrogens with one attached hydrogen (secondary N) is 1. The van der Waals surface area contributed by atoms with E-state index in [2.05, 4.69) is 26.2 Å². The number of amides is 1. The van der Waals surface area contributed by atoms with Gasteiger partial charge in [-0.15, -0.1) is 0 Å². The van der Waals surface area contributed by atoms with Gasteiger partial charge in [0.1, 0.15) is 5.82 Å². The number of hydrogen-bond donors (Lipinski definition) is 1. The summed E-state index contributed by atoms with van der Waals surface area (Å²) in [5.74, 6) is -0.0629. The topological polar surface area (TPSA) is 85.1 Å². The number of hydrogen-bond acceptors (Lipinski definition) is 4. The molecule has 1 amide bonds. The van der Waals surface area contributed by atoms with Crippen LogP contribution >= 0.6 is 15.9 Å². The molecule has 2 aromatic rings. The summed E-state index contributed by atoms with van der Waals surface area (Å²) in [4.78, 5) is 26.3. The van der Waals surface area contributed by atoms with Crippen molar-refractivity contribution in [3.8, 4) is 0 Å². The second-order valence-electron chi connectivity index (χ2n) is 4.07. The van der Waals surface area contributed by atoms with Gasteiger partial charge in [0.2, 0.25) is 0 Å². The van der Waals surface area contributed by atoms with Crippen molar-refractivity contribution >= 4 is 33.3 Å². The Bertz CT molecular complexity index is 688. The summed E-state index contributed by atoms with van der Waals surface area (Å²) < 4.78 is 0.776. The van der Waals surface area contributed by atoms with Crippen molar-refractivity contribution in [2.45, 2.75) is 6.92 Å². The zero-order chi connectivity index (χ0) is 14.7. The normalized spacial score (nSPS) is 10.1. The van der Waals surface area contributed by atoms with E-state index in [-0.39, 0.29) is 11.3 Å². The molecule has 0 unspecified atom stereocenters. The third-order valence-electron chi connectivity index (χ3n) is 2.64. The highest BCUT2D eigenvalue weighted by molar-refractivity contribution is 9.10. The molecule has 102 valence electrons. The average molecular weight is 336 g/mol. The van der Waals surface area contributed by atoms with Crippen molar-refractivity contribution < 1.29 is 9.72 Å². The number of halogens is 1. The molecule has 0 aliphatic rings. The van der Waals surface area contributed by atoms with Gasteiger partial charge in [0, 0.05) is 28.4 Å². The summed E-state index contributed by atoms with van der Waals surface area (Å²) in [6, 6.07) is 7.53. The maximum Gasteiger partial charge on any atom is 0.270 e. The summed E-state index contributed by atoms with van der Waals surface area (Å²) in [6.45, 7) is 1.72. The number of nitrogens with zero attached hydrogens (tertiary/aromatic N) is 2. The number of rotatable bonds is 3. The van der Waals surface area contributed by atoms with Crippen LogP contribution in [-0.4, -0.2) is 15.8 Å². The predicted molar refractivity (Wildman–Crippen MR) is 77.7 cm³/mol. The molecule has 1 aromatic carbocycles. The van der Waals surface area contributed by atoms with E-state index in [0.29, 0.717) is 11.4 Å². The SMILES string of the molecule is Cc1ccc([N+](=O)[O-])cc1C(=O)Nc1cc(Br)ccn1. The molecule has 0 aliphatic carbocycles. The van der Waals surface area contributed by atoms with Gasteiger partial charge in [-0.3, -0.25) is 14.9 Å². The number of pyridine rings is 1. The van der Waals surface area contributed by atoms with Crippen molar-refractivity contribution in [3.63, 3.8) is 0 Å². The Labute approximate surface area is 123 Å². The number of carbonyl (C=O) groups is 1. The monoisotopic (exact) mass is 335 g/mol. The fourth-order valence-electron chi connectivity index (χ4n) is 1.62. The fourth-order valence-corrected chi connectivity index (χ4v) is 1.96. The van der Waals surface area contributed by atoms with Gasteiger partial charge in [0.25, 0.3) is 11.6 Å². The first-order valence-corrected chi connectivity index (χ1v) is 6.44. The molecule has 6 nitrogen and oxygen atoms in total. The second kappa shape index (κ2) is 5.79. The lowest BCUT2D eigenvalue weighted by Gasteiger charge is -2.07. The first-order valence-electron chi connectivity index (χ1n) is 5.65. The van der Waals surface area contributed by atoms with Crippen LogP contribution in [-0.2, 0) is 0 Å². The summed E-state index contributed by atoms with van der Waals surface area (Å²) in [7, 11) is 0. The number of benzene rings is 1. The minimum atomic E-state index is -0.534. The van der Waals surface area contributed by atoms with Crippen LogP contribution in [0.5, 0.6) is 0 Å². The van der Waals surface area contributed by atoms with Crippen LogP contribution in [0, 0.1) is 17.0 Å². The summed E-state index contributed by atoms with van der Waals surface area (Å²) in [6.07, 6.45) is 1.54. The van der Waals surface area contributed by atoms with Crippen LogP contribution in [0.25, 0.3) is 0 Å². The smallest absolute Gasteiger partial charge is 0.270 e. The van der Waals surface area contributed by atoms with E-state index in [1.807, 2.05) is 0 Å². The molecule has 0 atom stereocenters. The van der Waals surface area contributed by atoms with Crippen LogP contribution in [0.3, 0.4) is 0 Å². The maximum absolute atomic E-state index is 12.1. The van der Waals surface area contributed by atoms with Gasteiger partial charge in [0.15, 0.2) is 0 Å². The van der Waals surface area contributed by atoms with Gasteiger partial charge in [-0.1, -0.05) is 22.0 Å². The number of non-ortho nitro benzene ring substituents is 1. The van der Waals surface area contributed by atoms with Crippen molar-refractivity contribution in [2.24, 2.45) is 0 Å². The van der Waals surface area contributed by atoms with E-state index >= 15 is 0 Å². The van der Waals surface area contributed by atoms with E-state index in [4.69, 9.17) is 0 Å². The fraction of sp³-hybridized carbons (Fsp3) is 0.0769. The zero-order valence-electron chi connectivity index (χ0n) is 10.5. The highest BCUT2D eigenvalue weighted by atomic mass is 79.9. The van der Waals surface area contributed by atoms with E-state index in [1.54, 1.807) is 31.3 Å². The number of nitro benzene ring substituents is 1. The summed E-state index contributed by atoms with van der Waals surface area (Å²) in [5.41, 5.74) is 0.784. The molecular formula is C13H10BrN3O3. The maximum atomic E-state index is 12.1. The number of aromatic nitrogens is 1. The van der Waals surface area contributed by atoms with Crippen molar-refractivity contribution in [1.29, 1.82) is 0 Å². The molecule has 0 aliphatic heterocycles. The molecule has 0 spiro atoms. The van der Waals surface area contributed by atoms with Gasteiger partial charge in [-0.05, 0) is 24.6 Å². The van der Waals surface area contributed by atoms with Gasteiger partial charge in [-0.2, -0.15) is 0 Å². The molecular weight excluding hydrogens is 326 g/mol. The molecule has 2 rings (SSSR count). The van der Waals surface area contributed by atoms with E-state index < -0.39 is 10.8 Å². The number of carbonyl (C=O) groups excluding carboxylic acids is 1. The minimum absolute atomic E-state index is 0.122. The van der Waals surface area contributed by atoms with Gasteiger partial charge in [-0.25, -0.2) is 4.98 Å². The minimum Gasteiger partial charge on any atom is -0.307 e. The Balaban J connectivity index is 2.29. The molecule has 0 bridgehead atoms. The van der Waals surface area contributed by atoms with Gasteiger partial charge < -0.3 is 5.32 Å². The molecule has 1 N–H and O–H groups in total. The standard InChI is InChI=1S/C13H10BrN3O3/c1-8-2-3-10(17(19)20)7-11(8)13(18)16-12-6-9(14)4-5-15-12/h2-7H,1H3,(H,15,16,18). The molecule has 0 saturated heterocycles. The van der Waals surface area contributed by atoms with Gasteiger partial charge in [0.05, 0.1) is 4.92 Å². The quantitative estimate of drug-likeness (QED) is 0.688. The molecule has 20 heavy (non-hydrogen) atoms. The first kappa shape index (κ1) is 14.1. The van der Waals surface area contributed by atoms with E-state index in [9.17, 15) is 14.9 Å². The first-order chi connectivity index (χ1) is 9.47. The third-order valence-corrected chi connectivity index (χ3v) is 3.13. The summed E-state index contributed by atoms with van der Waals surface area (Å²) >= 11 is 3.27. The molecule has 0 radical (unpaired) electrons. The lowest BCUT2D eigenvalue weighted by molar-refractivity contribution is -0.384. The molecule has 1 aromatic heterocycles. The highest BCUT2D eigenvalue weighted by Crippen LogP contribution is 2.19. The van der Waals surface area contributed by atoms with Crippen LogP contribution < -0.4 is 5.32 Å². The Hall–Kier alpha value is -2.28. The Kier molecular flexibility index (Phi) is 4.09. The molecule has 0 fully saturated rings. The summed E-state index contributed by atoms with van der Waals surface area (Å²) in [5, 5.41) is 13.3. The number of anilines is 1. The number of aryl methyl sites for hydroxylation is 1. The molecule has 0 saturated carbocycles. The van der Waals surface area contributed by atoms with Gasteiger partial charge >= 0.3 is 0 Å². The Morgan fingerprint density at radius 3 is 2.75 bits per heavy atom.